The normalized spacial score (nSPS) is 11.1. The molecule has 0 unspecified atom stereocenters. The minimum atomic E-state index is -0.324. The largest absolute Gasteiger partial charge is 0.352 e. The molecule has 0 saturated carbocycles. The average Bonchev–Trinajstić information content (AvgIpc) is 2.99. The molecule has 3 aromatic rings. The summed E-state index contributed by atoms with van der Waals surface area (Å²) in [4.78, 5) is 12.8. The first kappa shape index (κ1) is 20.2. The van der Waals surface area contributed by atoms with E-state index in [9.17, 15) is 9.18 Å². The Kier molecular flexibility index (Phi) is 6.20. The number of hydrogen-bond acceptors (Lipinski definition) is 1. The summed E-state index contributed by atoms with van der Waals surface area (Å²) in [5.74, 6) is 0.0713. The van der Waals surface area contributed by atoms with Crippen LogP contribution in [0.4, 0.5) is 4.39 Å². The first-order chi connectivity index (χ1) is 13.4. The number of carbonyl (C=O) groups excluding carboxylic acids is 1. The van der Waals surface area contributed by atoms with Gasteiger partial charge < -0.3 is 9.88 Å². The van der Waals surface area contributed by atoms with Crippen LogP contribution in [0.1, 0.15) is 36.3 Å². The lowest BCUT2D eigenvalue weighted by Gasteiger charge is -2.13. The van der Waals surface area contributed by atoms with Crippen LogP contribution in [-0.4, -0.2) is 17.0 Å². The maximum Gasteiger partial charge on any atom is 0.253 e. The first-order valence-corrected chi connectivity index (χ1v) is 9.77. The Morgan fingerprint density at radius 1 is 1.14 bits per heavy atom. The Hall–Kier alpha value is -2.59. The van der Waals surface area contributed by atoms with E-state index in [1.807, 2.05) is 35.8 Å². The summed E-state index contributed by atoms with van der Waals surface area (Å²) >= 11 is 6.03. The van der Waals surface area contributed by atoms with Gasteiger partial charge in [-0.3, -0.25) is 4.79 Å². The van der Waals surface area contributed by atoms with E-state index < -0.39 is 0 Å². The second-order valence-electron chi connectivity index (χ2n) is 7.29. The summed E-state index contributed by atoms with van der Waals surface area (Å²) < 4.78 is 15.8. The minimum Gasteiger partial charge on any atom is -0.352 e. The van der Waals surface area contributed by atoms with Crippen molar-refractivity contribution in [3.63, 3.8) is 0 Å². The van der Waals surface area contributed by atoms with Gasteiger partial charge in [0.05, 0.1) is 11.3 Å². The van der Waals surface area contributed by atoms with Gasteiger partial charge in [-0.25, -0.2) is 4.39 Å². The molecule has 146 valence electrons. The summed E-state index contributed by atoms with van der Waals surface area (Å²) in [5.41, 5.74) is 3.73. The van der Waals surface area contributed by atoms with Crippen LogP contribution in [-0.2, 0) is 0 Å². The van der Waals surface area contributed by atoms with Crippen LogP contribution >= 0.6 is 11.6 Å². The fraction of sp³-hybridized carbons (Fsp3) is 0.261. The van der Waals surface area contributed by atoms with Crippen LogP contribution < -0.4 is 5.32 Å². The maximum absolute atomic E-state index is 13.9. The molecule has 1 heterocycles. The summed E-state index contributed by atoms with van der Waals surface area (Å²) in [6.45, 7) is 6.74. The van der Waals surface area contributed by atoms with Crippen LogP contribution in [0.3, 0.4) is 0 Å². The lowest BCUT2D eigenvalue weighted by molar-refractivity contribution is 0.0951. The second kappa shape index (κ2) is 8.61. The molecule has 0 aliphatic heterocycles. The summed E-state index contributed by atoms with van der Waals surface area (Å²) in [6, 6.07) is 15.6. The molecule has 0 atom stereocenters. The van der Waals surface area contributed by atoms with Gasteiger partial charge in [-0.05, 0) is 61.2 Å². The number of carbonyl (C=O) groups is 1. The smallest absolute Gasteiger partial charge is 0.253 e. The summed E-state index contributed by atoms with van der Waals surface area (Å²) in [7, 11) is 0. The Morgan fingerprint density at radius 3 is 2.50 bits per heavy atom. The highest BCUT2D eigenvalue weighted by Crippen LogP contribution is 2.30. The van der Waals surface area contributed by atoms with Gasteiger partial charge >= 0.3 is 0 Å². The lowest BCUT2D eigenvalue weighted by Crippen LogP contribution is -2.25. The van der Waals surface area contributed by atoms with Crippen LogP contribution in [0.15, 0.2) is 54.6 Å². The zero-order valence-electron chi connectivity index (χ0n) is 16.3. The van der Waals surface area contributed by atoms with Gasteiger partial charge in [0.25, 0.3) is 5.91 Å². The summed E-state index contributed by atoms with van der Waals surface area (Å²) in [5, 5.41) is 3.62. The molecule has 1 N–H and O–H groups in total. The SMILES string of the molecule is Cc1c(C(=O)NCCC(C)C)cc(-c2ccc(Cl)cc2)n1-c1cccc(F)c1. The molecular weight excluding hydrogens is 375 g/mol. The van der Waals surface area contributed by atoms with Crippen molar-refractivity contribution in [2.75, 3.05) is 6.54 Å². The lowest BCUT2D eigenvalue weighted by atomic mass is 10.1. The molecule has 28 heavy (non-hydrogen) atoms. The standard InChI is InChI=1S/C23H24ClFN2O/c1-15(2)11-12-26-23(28)21-14-22(17-7-9-18(24)10-8-17)27(16(21)3)20-6-4-5-19(25)13-20/h4-10,13-15H,11-12H2,1-3H3,(H,26,28). The molecule has 5 heteroatoms. The number of rotatable bonds is 6. The number of nitrogens with zero attached hydrogens (tertiary/aromatic N) is 1. The molecule has 0 radical (unpaired) electrons. The van der Waals surface area contributed by atoms with E-state index in [0.29, 0.717) is 28.7 Å². The van der Waals surface area contributed by atoms with Gasteiger partial charge in [0.2, 0.25) is 0 Å². The Labute approximate surface area is 170 Å². The topological polar surface area (TPSA) is 34.0 Å². The number of halogens is 2. The van der Waals surface area contributed by atoms with Gasteiger partial charge in [-0.1, -0.05) is 43.6 Å². The quantitative estimate of drug-likeness (QED) is 0.541. The second-order valence-corrected chi connectivity index (χ2v) is 7.73. The molecule has 2 aromatic carbocycles. The van der Waals surface area contributed by atoms with Crippen molar-refractivity contribution < 1.29 is 9.18 Å². The molecule has 0 aliphatic carbocycles. The number of aromatic nitrogens is 1. The highest BCUT2D eigenvalue weighted by molar-refractivity contribution is 6.30. The Balaban J connectivity index is 2.07. The van der Waals surface area contributed by atoms with Crippen molar-refractivity contribution in [1.29, 1.82) is 0 Å². The molecule has 1 amide bonds. The minimum absolute atomic E-state index is 0.122. The number of hydrogen-bond donors (Lipinski definition) is 1. The third-order valence-electron chi connectivity index (χ3n) is 4.71. The van der Waals surface area contributed by atoms with E-state index in [4.69, 9.17) is 11.6 Å². The predicted molar refractivity (Wildman–Crippen MR) is 113 cm³/mol. The van der Waals surface area contributed by atoms with Gasteiger partial charge in [0, 0.05) is 22.9 Å². The third-order valence-corrected chi connectivity index (χ3v) is 4.96. The van der Waals surface area contributed by atoms with Crippen molar-refractivity contribution in [2.24, 2.45) is 5.92 Å². The Bertz CT molecular complexity index is 977. The zero-order chi connectivity index (χ0) is 20.3. The predicted octanol–water partition coefficient (Wildman–Crippen LogP) is 6.02. The van der Waals surface area contributed by atoms with Crippen molar-refractivity contribution in [1.82, 2.24) is 9.88 Å². The van der Waals surface area contributed by atoms with E-state index in [2.05, 4.69) is 19.2 Å². The van der Waals surface area contributed by atoms with Gasteiger partial charge in [0.15, 0.2) is 0 Å². The molecule has 0 fully saturated rings. The monoisotopic (exact) mass is 398 g/mol. The highest BCUT2D eigenvalue weighted by atomic mass is 35.5. The highest BCUT2D eigenvalue weighted by Gasteiger charge is 2.19. The van der Waals surface area contributed by atoms with Crippen molar-refractivity contribution in [2.45, 2.75) is 27.2 Å². The average molecular weight is 399 g/mol. The molecule has 3 nitrogen and oxygen atoms in total. The molecule has 0 saturated heterocycles. The fourth-order valence-electron chi connectivity index (χ4n) is 3.19. The molecule has 0 aliphatic rings. The molecular formula is C23H24ClFN2O. The maximum atomic E-state index is 13.9. The van der Waals surface area contributed by atoms with Crippen molar-refractivity contribution >= 4 is 17.5 Å². The molecule has 3 rings (SSSR count). The van der Waals surface area contributed by atoms with Gasteiger partial charge in [-0.2, -0.15) is 0 Å². The third kappa shape index (κ3) is 4.45. The van der Waals surface area contributed by atoms with Gasteiger partial charge in [-0.15, -0.1) is 0 Å². The molecule has 0 bridgehead atoms. The Morgan fingerprint density at radius 2 is 1.86 bits per heavy atom. The number of amides is 1. The summed E-state index contributed by atoms with van der Waals surface area (Å²) in [6.07, 6.45) is 0.916. The van der Waals surface area contributed by atoms with Crippen molar-refractivity contribution in [3.8, 4) is 16.9 Å². The van der Waals surface area contributed by atoms with Crippen LogP contribution in [0.25, 0.3) is 16.9 Å². The number of nitrogens with one attached hydrogen (secondary N) is 1. The van der Waals surface area contributed by atoms with E-state index in [1.54, 1.807) is 18.2 Å². The van der Waals surface area contributed by atoms with Crippen molar-refractivity contribution in [3.05, 3.63) is 76.7 Å². The van der Waals surface area contributed by atoms with E-state index >= 15 is 0 Å². The zero-order valence-corrected chi connectivity index (χ0v) is 17.1. The van der Waals surface area contributed by atoms with E-state index in [-0.39, 0.29) is 11.7 Å². The van der Waals surface area contributed by atoms with Crippen LogP contribution in [0, 0.1) is 18.7 Å². The fourth-order valence-corrected chi connectivity index (χ4v) is 3.31. The van der Waals surface area contributed by atoms with Crippen LogP contribution in [0.5, 0.6) is 0 Å². The van der Waals surface area contributed by atoms with Crippen LogP contribution in [0.2, 0.25) is 5.02 Å². The van der Waals surface area contributed by atoms with Gasteiger partial charge in [0.1, 0.15) is 5.82 Å². The first-order valence-electron chi connectivity index (χ1n) is 9.39. The molecule has 1 aromatic heterocycles. The molecule has 0 spiro atoms. The number of benzene rings is 2. The van der Waals surface area contributed by atoms with E-state index in [0.717, 1.165) is 23.4 Å². The van der Waals surface area contributed by atoms with E-state index in [1.165, 1.54) is 12.1 Å².